The molecule has 0 saturated carbocycles. The van der Waals surface area contributed by atoms with E-state index in [1.807, 2.05) is 6.92 Å². The molecule has 0 aliphatic carbocycles. The van der Waals surface area contributed by atoms with Crippen molar-refractivity contribution in [1.82, 2.24) is 4.31 Å². The fourth-order valence-electron chi connectivity index (χ4n) is 3.10. The van der Waals surface area contributed by atoms with Crippen LogP contribution in [0.15, 0.2) is 23.1 Å². The summed E-state index contributed by atoms with van der Waals surface area (Å²) in [5, 5.41) is 0. The minimum absolute atomic E-state index is 0. The molecule has 0 aromatic heterocycles. The van der Waals surface area contributed by atoms with Crippen LogP contribution in [0.2, 0.25) is 0 Å². The van der Waals surface area contributed by atoms with Crippen molar-refractivity contribution in [1.29, 1.82) is 0 Å². The number of nitrogens with two attached hydrogens (primary N) is 1. The topological polar surface area (TPSA) is 89.7 Å². The van der Waals surface area contributed by atoms with Crippen molar-refractivity contribution < 1.29 is 17.9 Å². The maximum Gasteiger partial charge on any atom is 0.338 e. The number of rotatable bonds is 5. The second-order valence-corrected chi connectivity index (χ2v) is 8.10. The van der Waals surface area contributed by atoms with Crippen LogP contribution in [-0.2, 0) is 14.8 Å². The largest absolute Gasteiger partial charge is 0.462 e. The van der Waals surface area contributed by atoms with Crippen molar-refractivity contribution in [3.8, 4) is 0 Å². The zero-order valence-corrected chi connectivity index (χ0v) is 16.5. The Balaban J connectivity index is 0.00000312. The maximum absolute atomic E-state index is 13.2. The van der Waals surface area contributed by atoms with Crippen LogP contribution in [-0.4, -0.2) is 43.9 Å². The van der Waals surface area contributed by atoms with Crippen molar-refractivity contribution in [2.45, 2.75) is 57.0 Å². The monoisotopic (exact) mass is 390 g/mol. The van der Waals surface area contributed by atoms with Gasteiger partial charge in [-0.1, -0.05) is 12.5 Å². The number of carbonyl (C=O) groups is 1. The van der Waals surface area contributed by atoms with Gasteiger partial charge >= 0.3 is 5.97 Å². The normalized spacial score (nSPS) is 19.8. The van der Waals surface area contributed by atoms with Gasteiger partial charge in [0.05, 0.1) is 17.1 Å². The molecule has 2 unspecified atom stereocenters. The van der Waals surface area contributed by atoms with E-state index in [4.69, 9.17) is 10.5 Å². The van der Waals surface area contributed by atoms with Crippen LogP contribution in [0.1, 0.15) is 49.0 Å². The maximum atomic E-state index is 13.2. The zero-order valence-electron chi connectivity index (χ0n) is 14.9. The lowest BCUT2D eigenvalue weighted by Crippen LogP contribution is -2.51. The summed E-state index contributed by atoms with van der Waals surface area (Å²) in [7, 11) is -3.71. The van der Waals surface area contributed by atoms with Gasteiger partial charge in [-0.3, -0.25) is 0 Å². The molecule has 1 aliphatic rings. The van der Waals surface area contributed by atoms with Crippen molar-refractivity contribution >= 4 is 28.4 Å². The summed E-state index contributed by atoms with van der Waals surface area (Å²) in [6.07, 6.45) is 2.55. The molecule has 1 aromatic carbocycles. The molecule has 1 heterocycles. The first-order valence-corrected chi connectivity index (χ1v) is 9.78. The van der Waals surface area contributed by atoms with Gasteiger partial charge in [0.15, 0.2) is 0 Å². The van der Waals surface area contributed by atoms with E-state index in [1.165, 1.54) is 10.4 Å². The third-order valence-corrected chi connectivity index (χ3v) is 6.46. The van der Waals surface area contributed by atoms with E-state index in [1.54, 1.807) is 26.0 Å². The van der Waals surface area contributed by atoms with Gasteiger partial charge in [0.1, 0.15) is 0 Å². The minimum atomic E-state index is -3.71. The van der Waals surface area contributed by atoms with E-state index >= 15 is 0 Å². The minimum Gasteiger partial charge on any atom is -0.462 e. The van der Waals surface area contributed by atoms with Crippen LogP contribution < -0.4 is 5.73 Å². The molecule has 0 spiro atoms. The first-order chi connectivity index (χ1) is 11.3. The molecule has 0 amide bonds. The van der Waals surface area contributed by atoms with Gasteiger partial charge in [-0.2, -0.15) is 4.31 Å². The Kier molecular flexibility index (Phi) is 7.87. The first-order valence-electron chi connectivity index (χ1n) is 8.34. The number of carbonyl (C=O) groups excluding carboxylic acids is 1. The van der Waals surface area contributed by atoms with Gasteiger partial charge < -0.3 is 10.5 Å². The third-order valence-electron chi connectivity index (χ3n) is 4.39. The van der Waals surface area contributed by atoms with E-state index in [0.29, 0.717) is 12.1 Å². The number of hydrogen-bond donors (Lipinski definition) is 1. The molecular formula is C17H27ClN2O4S. The van der Waals surface area contributed by atoms with E-state index in [2.05, 4.69) is 0 Å². The highest BCUT2D eigenvalue weighted by Crippen LogP contribution is 2.29. The van der Waals surface area contributed by atoms with Gasteiger partial charge in [-0.15, -0.1) is 12.4 Å². The number of piperidine rings is 1. The van der Waals surface area contributed by atoms with Crippen molar-refractivity contribution in [2.24, 2.45) is 5.73 Å². The van der Waals surface area contributed by atoms with Crippen molar-refractivity contribution in [3.63, 3.8) is 0 Å². The Hall–Kier alpha value is -1.15. The van der Waals surface area contributed by atoms with Gasteiger partial charge in [0.2, 0.25) is 10.0 Å². The molecule has 1 aromatic rings. The quantitative estimate of drug-likeness (QED) is 0.780. The number of hydrogen-bond acceptors (Lipinski definition) is 5. The summed E-state index contributed by atoms with van der Waals surface area (Å²) in [6, 6.07) is 4.19. The highest BCUT2D eigenvalue weighted by atomic mass is 35.5. The highest BCUT2D eigenvalue weighted by molar-refractivity contribution is 7.89. The SMILES string of the molecule is CCOC(=O)c1ccc(C)c(S(=O)(=O)N2CCCCC2C(C)N)c1.Cl. The van der Waals surface area contributed by atoms with E-state index in [-0.39, 0.29) is 41.6 Å². The standard InChI is InChI=1S/C17H26N2O4S.ClH/c1-4-23-17(20)14-9-8-12(2)16(11-14)24(21,22)19-10-6-5-7-15(19)13(3)18;/h8-9,11,13,15H,4-7,10,18H2,1-3H3;1H. The number of halogens is 1. The molecule has 1 saturated heterocycles. The van der Waals surface area contributed by atoms with Gasteiger partial charge in [0.25, 0.3) is 0 Å². The van der Waals surface area contributed by atoms with Crippen molar-refractivity contribution in [2.75, 3.05) is 13.2 Å². The Labute approximate surface area is 156 Å². The van der Waals surface area contributed by atoms with Gasteiger partial charge in [0, 0.05) is 18.6 Å². The molecule has 2 atom stereocenters. The van der Waals surface area contributed by atoms with Gasteiger partial charge in [-0.05, 0) is 51.3 Å². The van der Waals surface area contributed by atoms with Crippen LogP contribution in [0.5, 0.6) is 0 Å². The highest BCUT2D eigenvalue weighted by Gasteiger charge is 2.36. The number of benzene rings is 1. The molecule has 25 heavy (non-hydrogen) atoms. The second kappa shape index (κ2) is 8.98. The molecule has 2 rings (SSSR count). The summed E-state index contributed by atoms with van der Waals surface area (Å²) in [5.41, 5.74) is 6.86. The Morgan fingerprint density at radius 2 is 2.08 bits per heavy atom. The zero-order chi connectivity index (χ0) is 17.9. The average Bonchev–Trinajstić information content (AvgIpc) is 2.55. The lowest BCUT2D eigenvalue weighted by Gasteiger charge is -2.37. The average molecular weight is 391 g/mol. The molecular weight excluding hydrogens is 364 g/mol. The molecule has 1 aliphatic heterocycles. The lowest BCUT2D eigenvalue weighted by atomic mass is 10.00. The fraction of sp³-hybridized carbons (Fsp3) is 0.588. The first kappa shape index (κ1) is 21.9. The molecule has 0 radical (unpaired) electrons. The van der Waals surface area contributed by atoms with Crippen LogP contribution >= 0.6 is 12.4 Å². The molecule has 0 bridgehead atoms. The van der Waals surface area contributed by atoms with E-state index in [0.717, 1.165) is 19.3 Å². The Morgan fingerprint density at radius 1 is 1.40 bits per heavy atom. The molecule has 6 nitrogen and oxygen atoms in total. The summed E-state index contributed by atoms with van der Waals surface area (Å²) in [5.74, 6) is -0.517. The predicted molar refractivity (Wildman–Crippen MR) is 99.6 cm³/mol. The second-order valence-electron chi connectivity index (χ2n) is 6.24. The summed E-state index contributed by atoms with van der Waals surface area (Å²) in [6.45, 7) is 5.98. The van der Waals surface area contributed by atoms with Crippen LogP contribution in [0.25, 0.3) is 0 Å². The van der Waals surface area contributed by atoms with E-state index < -0.39 is 16.0 Å². The van der Waals surface area contributed by atoms with Crippen molar-refractivity contribution in [3.05, 3.63) is 29.3 Å². The van der Waals surface area contributed by atoms with Crippen LogP contribution in [0.3, 0.4) is 0 Å². The van der Waals surface area contributed by atoms with Crippen LogP contribution in [0.4, 0.5) is 0 Å². The molecule has 2 N–H and O–H groups in total. The number of esters is 1. The van der Waals surface area contributed by atoms with Crippen LogP contribution in [0, 0.1) is 6.92 Å². The summed E-state index contributed by atoms with van der Waals surface area (Å²) < 4.78 is 32.8. The number of sulfonamides is 1. The number of aryl methyl sites for hydroxylation is 1. The summed E-state index contributed by atoms with van der Waals surface area (Å²) >= 11 is 0. The smallest absolute Gasteiger partial charge is 0.338 e. The number of ether oxygens (including phenoxy) is 1. The molecule has 142 valence electrons. The van der Waals surface area contributed by atoms with Gasteiger partial charge in [-0.25, -0.2) is 13.2 Å². The summed E-state index contributed by atoms with van der Waals surface area (Å²) in [4.78, 5) is 12.1. The van der Waals surface area contributed by atoms with E-state index in [9.17, 15) is 13.2 Å². The Morgan fingerprint density at radius 3 is 2.68 bits per heavy atom. The fourth-order valence-corrected chi connectivity index (χ4v) is 5.13. The number of nitrogens with zero attached hydrogens (tertiary/aromatic N) is 1. The predicted octanol–water partition coefficient (Wildman–Crippen LogP) is 2.48. The molecule has 8 heteroatoms. The lowest BCUT2D eigenvalue weighted by molar-refractivity contribution is 0.0526. The Bertz CT molecular complexity index is 707. The molecule has 1 fully saturated rings. The third kappa shape index (κ3) is 4.73.